The minimum atomic E-state index is -0.363. The molecule has 0 bridgehead atoms. The minimum Gasteiger partial charge on any atom is -0.367 e. The summed E-state index contributed by atoms with van der Waals surface area (Å²) in [7, 11) is 3.58. The van der Waals surface area contributed by atoms with Crippen molar-refractivity contribution in [1.29, 1.82) is 0 Å². The van der Waals surface area contributed by atoms with E-state index in [1.54, 1.807) is 19.0 Å². The van der Waals surface area contributed by atoms with Crippen molar-refractivity contribution in [2.24, 2.45) is 5.10 Å². The lowest BCUT2D eigenvalue weighted by Crippen LogP contribution is -2.21. The maximum atomic E-state index is 12.8. The van der Waals surface area contributed by atoms with Crippen LogP contribution in [0.2, 0.25) is 0 Å². The zero-order valence-corrected chi connectivity index (χ0v) is 11.0. The molecule has 1 rings (SSSR count). The van der Waals surface area contributed by atoms with Gasteiger partial charge in [-0.1, -0.05) is 0 Å². The van der Waals surface area contributed by atoms with Crippen molar-refractivity contribution in [3.05, 3.63) is 33.1 Å². The lowest BCUT2D eigenvalue weighted by Gasteiger charge is -2.04. The fourth-order valence-electron chi connectivity index (χ4n) is 0.937. The van der Waals surface area contributed by atoms with Crippen LogP contribution in [-0.4, -0.2) is 31.2 Å². The quantitative estimate of drug-likeness (QED) is 0.395. The second-order valence-corrected chi connectivity index (χ2v) is 4.44. The zero-order chi connectivity index (χ0) is 12.1. The minimum absolute atomic E-state index is 0.359. The Bertz CT molecular complexity index is 421. The van der Waals surface area contributed by atoms with Crippen LogP contribution in [0.4, 0.5) is 4.39 Å². The highest BCUT2D eigenvalue weighted by Gasteiger charge is 2.09. The summed E-state index contributed by atoms with van der Waals surface area (Å²) < 4.78 is 13.3. The first kappa shape index (κ1) is 12.9. The van der Waals surface area contributed by atoms with E-state index in [0.717, 1.165) is 0 Å². The average molecular weight is 335 g/mol. The SMILES string of the molecule is CN(C)/C=N/NC(=O)c1ccc(F)cc1I. The van der Waals surface area contributed by atoms with Gasteiger partial charge in [-0.3, -0.25) is 4.79 Å². The van der Waals surface area contributed by atoms with Gasteiger partial charge in [-0.2, -0.15) is 5.10 Å². The van der Waals surface area contributed by atoms with E-state index in [4.69, 9.17) is 0 Å². The van der Waals surface area contributed by atoms with Gasteiger partial charge in [0.05, 0.1) is 5.56 Å². The van der Waals surface area contributed by atoms with E-state index in [1.165, 1.54) is 24.5 Å². The predicted molar refractivity (Wildman–Crippen MR) is 68.8 cm³/mol. The number of rotatable bonds is 3. The van der Waals surface area contributed by atoms with Crippen LogP contribution < -0.4 is 5.43 Å². The highest BCUT2D eigenvalue weighted by atomic mass is 127. The smallest absolute Gasteiger partial charge is 0.272 e. The Morgan fingerprint density at radius 3 is 2.81 bits per heavy atom. The maximum Gasteiger partial charge on any atom is 0.272 e. The molecule has 0 heterocycles. The third kappa shape index (κ3) is 3.76. The molecule has 1 aromatic rings. The Hall–Kier alpha value is -1.18. The summed E-state index contributed by atoms with van der Waals surface area (Å²) in [6, 6.07) is 3.97. The van der Waals surface area contributed by atoms with E-state index in [2.05, 4.69) is 10.5 Å². The molecule has 1 N–H and O–H groups in total. The molecule has 0 saturated heterocycles. The van der Waals surface area contributed by atoms with Gasteiger partial charge in [0.15, 0.2) is 0 Å². The number of nitrogens with zero attached hydrogens (tertiary/aromatic N) is 2. The Morgan fingerprint density at radius 2 is 2.25 bits per heavy atom. The van der Waals surface area contributed by atoms with Gasteiger partial charge in [0.2, 0.25) is 0 Å². The summed E-state index contributed by atoms with van der Waals surface area (Å²) in [6.45, 7) is 0. The molecule has 0 fully saturated rings. The molecule has 1 amide bonds. The molecule has 0 spiro atoms. The molecule has 6 heteroatoms. The van der Waals surface area contributed by atoms with Gasteiger partial charge in [0.25, 0.3) is 5.91 Å². The third-order valence-corrected chi connectivity index (χ3v) is 2.52. The molecule has 0 saturated carbocycles. The number of hydrogen-bond donors (Lipinski definition) is 1. The molecule has 0 aliphatic heterocycles. The van der Waals surface area contributed by atoms with E-state index in [9.17, 15) is 9.18 Å². The van der Waals surface area contributed by atoms with Crippen LogP contribution in [0.25, 0.3) is 0 Å². The monoisotopic (exact) mass is 335 g/mol. The van der Waals surface area contributed by atoms with Crippen LogP contribution in [0.3, 0.4) is 0 Å². The van der Waals surface area contributed by atoms with E-state index in [-0.39, 0.29) is 11.7 Å². The molecular formula is C10H11FIN3O. The predicted octanol–water partition coefficient (Wildman–Crippen LogP) is 1.66. The van der Waals surface area contributed by atoms with Gasteiger partial charge in [0.1, 0.15) is 12.2 Å². The molecule has 1 aromatic carbocycles. The van der Waals surface area contributed by atoms with Crippen molar-refractivity contribution in [2.75, 3.05) is 14.1 Å². The summed E-state index contributed by atoms with van der Waals surface area (Å²) in [4.78, 5) is 13.3. The average Bonchev–Trinajstić information content (AvgIpc) is 2.16. The number of amides is 1. The van der Waals surface area contributed by atoms with Gasteiger partial charge in [-0.05, 0) is 40.8 Å². The number of benzene rings is 1. The third-order valence-electron chi connectivity index (χ3n) is 1.63. The Balaban J connectivity index is 2.74. The van der Waals surface area contributed by atoms with Crippen molar-refractivity contribution in [1.82, 2.24) is 10.3 Å². The van der Waals surface area contributed by atoms with Crippen molar-refractivity contribution < 1.29 is 9.18 Å². The number of halogens is 2. The molecule has 0 aromatic heterocycles. The van der Waals surface area contributed by atoms with Crippen LogP contribution in [0, 0.1) is 9.39 Å². The van der Waals surface area contributed by atoms with Gasteiger partial charge < -0.3 is 4.90 Å². The van der Waals surface area contributed by atoms with Gasteiger partial charge in [-0.15, -0.1) is 0 Å². The highest BCUT2D eigenvalue weighted by molar-refractivity contribution is 14.1. The molecule has 86 valence electrons. The zero-order valence-electron chi connectivity index (χ0n) is 8.87. The standard InChI is InChI=1S/C10H11FIN3O/c1-15(2)6-13-14-10(16)8-4-3-7(11)5-9(8)12/h3-6H,1-2H3,(H,14,16)/b13-6+. The van der Waals surface area contributed by atoms with E-state index in [1.807, 2.05) is 22.6 Å². The molecule has 16 heavy (non-hydrogen) atoms. The summed E-state index contributed by atoms with van der Waals surface area (Å²) in [5.74, 6) is -0.722. The van der Waals surface area contributed by atoms with Crippen LogP contribution in [-0.2, 0) is 0 Å². The summed E-state index contributed by atoms with van der Waals surface area (Å²) >= 11 is 1.90. The molecular weight excluding hydrogens is 324 g/mol. The fourth-order valence-corrected chi connectivity index (χ4v) is 1.66. The Labute approximate surface area is 107 Å². The van der Waals surface area contributed by atoms with Crippen molar-refractivity contribution in [2.45, 2.75) is 0 Å². The summed E-state index contributed by atoms with van der Waals surface area (Å²) in [5, 5.41) is 3.72. The lowest BCUT2D eigenvalue weighted by molar-refractivity contribution is 0.0954. The number of nitrogens with one attached hydrogen (secondary N) is 1. The number of carbonyl (C=O) groups is 1. The van der Waals surface area contributed by atoms with Gasteiger partial charge in [-0.25, -0.2) is 9.82 Å². The van der Waals surface area contributed by atoms with Crippen molar-refractivity contribution >= 4 is 34.8 Å². The maximum absolute atomic E-state index is 12.8. The molecule has 0 aliphatic carbocycles. The van der Waals surface area contributed by atoms with E-state index >= 15 is 0 Å². The lowest BCUT2D eigenvalue weighted by atomic mass is 10.2. The Morgan fingerprint density at radius 1 is 1.56 bits per heavy atom. The second kappa shape index (κ2) is 5.78. The van der Waals surface area contributed by atoms with Gasteiger partial charge in [0, 0.05) is 17.7 Å². The number of hydrazone groups is 1. The van der Waals surface area contributed by atoms with Crippen LogP contribution in [0.5, 0.6) is 0 Å². The van der Waals surface area contributed by atoms with E-state index < -0.39 is 0 Å². The molecule has 0 atom stereocenters. The first-order chi connectivity index (χ1) is 7.50. The van der Waals surface area contributed by atoms with E-state index in [0.29, 0.717) is 9.13 Å². The molecule has 0 aliphatic rings. The van der Waals surface area contributed by atoms with Crippen molar-refractivity contribution in [3.8, 4) is 0 Å². The van der Waals surface area contributed by atoms with Crippen LogP contribution >= 0.6 is 22.6 Å². The Kier molecular flexibility index (Phi) is 4.66. The summed E-state index contributed by atoms with van der Waals surface area (Å²) in [5.41, 5.74) is 2.75. The fraction of sp³-hybridized carbons (Fsp3) is 0.200. The van der Waals surface area contributed by atoms with Crippen molar-refractivity contribution in [3.63, 3.8) is 0 Å². The molecule has 0 radical (unpaired) electrons. The highest BCUT2D eigenvalue weighted by Crippen LogP contribution is 2.13. The normalized spacial score (nSPS) is 10.5. The molecule has 4 nitrogen and oxygen atoms in total. The first-order valence-corrected chi connectivity index (χ1v) is 5.53. The van der Waals surface area contributed by atoms with Gasteiger partial charge >= 0.3 is 0 Å². The first-order valence-electron chi connectivity index (χ1n) is 4.45. The number of carbonyl (C=O) groups excluding carboxylic acids is 1. The molecule has 0 unspecified atom stereocenters. The topological polar surface area (TPSA) is 44.7 Å². The van der Waals surface area contributed by atoms with Crippen LogP contribution in [0.1, 0.15) is 10.4 Å². The van der Waals surface area contributed by atoms with Crippen LogP contribution in [0.15, 0.2) is 23.3 Å². The second-order valence-electron chi connectivity index (χ2n) is 3.27. The number of hydrogen-bond acceptors (Lipinski definition) is 2. The summed E-state index contributed by atoms with van der Waals surface area (Å²) in [6.07, 6.45) is 1.47. The largest absolute Gasteiger partial charge is 0.367 e.